The van der Waals surface area contributed by atoms with Gasteiger partial charge >= 0.3 is 0 Å². The Kier molecular flexibility index (Phi) is 41.6. The van der Waals surface area contributed by atoms with E-state index < -0.39 is 111 Å². The number of hydrogen-bond acceptors (Lipinski definition) is 28. The molecule has 8 unspecified atom stereocenters. The number of rotatable bonds is 29. The third-order valence-corrected chi connectivity index (χ3v) is 41.6. The Labute approximate surface area is 876 Å². The Balaban J connectivity index is 0.000000153. The topological polar surface area (TPSA) is 484 Å². The fraction of sp³-hybridized carbons (Fsp3) is 0.408. The van der Waals surface area contributed by atoms with Crippen LogP contribution in [0.3, 0.4) is 0 Å². The van der Waals surface area contributed by atoms with Crippen LogP contribution in [0, 0.1) is 12.8 Å². The zero-order valence-corrected chi connectivity index (χ0v) is 88.8. The summed E-state index contributed by atoms with van der Waals surface area (Å²) in [6.45, 7) is 5.51. The van der Waals surface area contributed by atoms with Crippen LogP contribution in [0.2, 0.25) is 0 Å². The normalized spacial score (nSPS) is 21.9. The predicted molar refractivity (Wildman–Crippen MR) is 572 cm³/mol. The van der Waals surface area contributed by atoms with Crippen molar-refractivity contribution in [3.63, 3.8) is 0 Å². The number of Topliss-reactive ketones (excluding diaryl/α,β-unsaturated/α-hetero) is 3. The average Bonchev–Trinajstić information content (AvgIpc) is 1.67. The minimum absolute atomic E-state index is 0. The van der Waals surface area contributed by atoms with E-state index in [1.165, 1.54) is 40.5 Å². The minimum Gasteiger partial charge on any atom is -0.507 e. The highest BCUT2D eigenvalue weighted by Crippen LogP contribution is 2.42. The van der Waals surface area contributed by atoms with Crippen LogP contribution in [-0.4, -0.2) is 248 Å². The highest BCUT2D eigenvalue weighted by molar-refractivity contribution is 8.01. The van der Waals surface area contributed by atoms with Crippen LogP contribution in [0.4, 0.5) is 0 Å². The molecule has 147 heavy (non-hydrogen) atoms. The summed E-state index contributed by atoms with van der Waals surface area (Å²) >= 11 is 7.80. The first-order valence-corrected chi connectivity index (χ1v) is 61.5. The van der Waals surface area contributed by atoms with Crippen LogP contribution < -0.4 is 11.1 Å². The summed E-state index contributed by atoms with van der Waals surface area (Å²) in [7, 11) is -23.9. The van der Waals surface area contributed by atoms with Crippen LogP contribution >= 0.6 is 35.5 Å². The number of allylic oxidation sites excluding steroid dienone is 3. The van der Waals surface area contributed by atoms with Crippen molar-refractivity contribution in [1.82, 2.24) is 44.8 Å². The summed E-state index contributed by atoms with van der Waals surface area (Å²) in [5.74, 6) is -1.58. The van der Waals surface area contributed by atoms with E-state index in [0.717, 1.165) is 108 Å². The molecule has 10 aliphatic rings. The second-order valence-electron chi connectivity index (χ2n) is 36.7. The lowest BCUT2D eigenvalue weighted by Crippen LogP contribution is -2.45. The second-order valence-corrected chi connectivity index (χ2v) is 52.6. The number of amidine groups is 1. The fourth-order valence-corrected chi connectivity index (χ4v) is 34.3. The molecule has 7 saturated heterocycles. The number of aliphatic imine (C=N–C) groups is 1. The Morgan fingerprint density at radius 2 is 0.803 bits per heavy atom. The van der Waals surface area contributed by atoms with Crippen molar-refractivity contribution in [1.29, 1.82) is 0 Å². The number of amides is 1. The van der Waals surface area contributed by atoms with E-state index >= 15 is 0 Å². The van der Waals surface area contributed by atoms with Crippen LogP contribution in [-0.2, 0) is 134 Å². The van der Waals surface area contributed by atoms with Gasteiger partial charge in [-0.2, -0.15) is 34.5 Å². The molecule has 8 aromatic carbocycles. The van der Waals surface area contributed by atoms with Gasteiger partial charge in [-0.25, -0.2) is 63.9 Å². The minimum atomic E-state index is -3.64. The number of hydrogen-bond donors (Lipinski definition) is 5. The molecule has 9 aromatic rings. The Bertz CT molecular complexity index is 6980. The number of aromatic nitrogens is 2. The molecule has 8 atom stereocenters. The zero-order chi connectivity index (χ0) is 105. The van der Waals surface area contributed by atoms with Gasteiger partial charge in [0.25, 0.3) is 0 Å². The number of phenolic OH excluding ortho intramolecular Hbond substituents is 1. The third-order valence-electron chi connectivity index (χ3n) is 26.0. The molecule has 0 spiro atoms. The van der Waals surface area contributed by atoms with E-state index in [4.69, 9.17) is 23.1 Å². The number of aliphatic hydroxyl groups excluding tert-OH is 2. The molecule has 19 rings (SSSR count). The number of aryl methyl sites for hydroxylation is 1. The molecule has 0 bridgehead atoms. The van der Waals surface area contributed by atoms with E-state index in [9.17, 15) is 93.1 Å². The number of primary amides is 1. The Morgan fingerprint density at radius 3 is 1.22 bits per heavy atom. The molecule has 6 N–H and O–H groups in total. The molecule has 34 nitrogen and oxygen atoms in total. The molecular weight excluding hydrogens is 2080 g/mol. The highest BCUT2D eigenvalue weighted by atomic mass is 32.2. The number of benzene rings is 8. The lowest BCUT2D eigenvalue weighted by Gasteiger charge is -2.27. The Morgan fingerprint density at radius 1 is 0.442 bits per heavy atom. The lowest BCUT2D eigenvalue weighted by molar-refractivity contribution is -0.123. The van der Waals surface area contributed by atoms with Gasteiger partial charge in [-0.05, 0) is 166 Å². The van der Waals surface area contributed by atoms with Crippen molar-refractivity contribution < 1.29 is 98.2 Å². The molecular formula is C103H126N12O22S10. The van der Waals surface area contributed by atoms with E-state index in [-0.39, 0.29) is 120 Å². The summed E-state index contributed by atoms with van der Waals surface area (Å²) in [5, 5.41) is 32.3. The van der Waals surface area contributed by atoms with Crippen molar-refractivity contribution in [2.75, 3.05) is 59.0 Å². The quantitative estimate of drug-likeness (QED) is 0.0165. The highest BCUT2D eigenvalue weighted by Gasteiger charge is 2.48. The number of phenols is 1. The van der Waals surface area contributed by atoms with Gasteiger partial charge in [0.2, 0.25) is 81.9 Å². The lowest BCUT2D eigenvalue weighted by atomic mass is 9.94. The first-order chi connectivity index (χ1) is 69.7. The van der Waals surface area contributed by atoms with E-state index in [1.54, 1.807) is 91.8 Å². The molecule has 2 aliphatic carbocycles. The molecule has 1 aromatic heterocycles. The van der Waals surface area contributed by atoms with Gasteiger partial charge in [0.05, 0.1) is 88.2 Å². The summed E-state index contributed by atoms with van der Waals surface area (Å²) < 4.78 is 190. The second kappa shape index (κ2) is 53.0. The third kappa shape index (κ3) is 32.0. The molecule has 1 amide bonds. The summed E-state index contributed by atoms with van der Waals surface area (Å²) in [6, 6.07) is 68.5. The van der Waals surface area contributed by atoms with Gasteiger partial charge in [0.15, 0.2) is 11.5 Å². The smallest absolute Gasteiger partial charge is 0.235 e. The van der Waals surface area contributed by atoms with Crippen molar-refractivity contribution in [2.45, 2.75) is 204 Å². The predicted octanol–water partition coefficient (Wildman–Crippen LogP) is 12.4. The molecule has 8 aliphatic heterocycles. The summed E-state index contributed by atoms with van der Waals surface area (Å²) in [4.78, 5) is 68.5. The first-order valence-electron chi connectivity index (χ1n) is 48.2. The monoisotopic (exact) mass is 2200 g/mol. The molecule has 44 heteroatoms. The summed E-state index contributed by atoms with van der Waals surface area (Å²) in [6.07, 6.45) is 12.4. The van der Waals surface area contributed by atoms with E-state index in [0.29, 0.717) is 112 Å². The van der Waals surface area contributed by atoms with Gasteiger partial charge in [-0.15, -0.1) is 11.8 Å². The number of nitrogens with one attached hydrogen (secondary N) is 1. The van der Waals surface area contributed by atoms with Crippen molar-refractivity contribution in [3.05, 3.63) is 310 Å². The van der Waals surface area contributed by atoms with E-state index in [1.807, 2.05) is 165 Å². The van der Waals surface area contributed by atoms with Gasteiger partial charge in [-0.1, -0.05) is 244 Å². The zero-order valence-electron chi connectivity index (χ0n) is 80.6. The molecule has 8 fully saturated rings. The Hall–Kier alpha value is -10.2. The van der Waals surface area contributed by atoms with Gasteiger partial charge in [-0.3, -0.25) is 29.0 Å². The number of thiocarbonyl (C=S) groups is 1. The number of carbonyl (C=O) groups excluding carboxylic acids is 5. The molecule has 1 saturated carbocycles. The largest absolute Gasteiger partial charge is 0.507 e. The number of nitrogens with two attached hydrogens (primary N) is 1. The first kappa shape index (κ1) is 115. The molecule has 0 radical (unpaired) electrons. The molecule has 790 valence electrons. The van der Waals surface area contributed by atoms with Crippen molar-refractivity contribution in [3.8, 4) is 5.75 Å². The van der Waals surface area contributed by atoms with Gasteiger partial charge in [0.1, 0.15) is 45.0 Å². The van der Waals surface area contributed by atoms with Crippen LogP contribution in [0.1, 0.15) is 166 Å². The number of aliphatic hydroxyl groups is 2. The fourth-order valence-electron chi connectivity index (χ4n) is 19.2. The number of nitrogens with zero attached hydrogens (tertiary/aromatic N) is 10. The number of sulfonamides is 7. The van der Waals surface area contributed by atoms with Crippen LogP contribution in [0.5, 0.6) is 5.75 Å². The number of carbonyl (C=O) groups is 5. The maximum atomic E-state index is 12.8. The van der Waals surface area contributed by atoms with Crippen molar-refractivity contribution in [2.24, 2.45) is 16.6 Å². The average molecular weight is 2200 g/mol. The SMILES string of the molecule is C.Cc1nsc(C2CCCN2S(=O)(=O)Cc2ccccc2)n1.NC(=O)C1CCCN1S(=O)(=O)Cc1ccccc1.O=C1C=C(O)C(=O)C(C2CCCN2S(=O)(=O)Cc2ccccc2)=C1.O=C1CC(=O)C(C2CCCN2S(=O)(=O)Cc2ccccc2)C1.O=S(=O)(Cc1ccccc1)N1CCCC1C1=NCC(=S)N1.O=S(=O)(Cc1ccccc1)N1CCCC1CO.O=S(=O)(Cc1ccccc1)N1CCCC1Sc1ccccc1O. The number of ketones is 4. The van der Waals surface area contributed by atoms with Gasteiger partial charge in [0, 0.05) is 81.9 Å². The van der Waals surface area contributed by atoms with Crippen molar-refractivity contribution >= 4 is 146 Å². The van der Waals surface area contributed by atoms with Gasteiger partial charge < -0.3 is 26.4 Å². The molecule has 9 heterocycles. The number of thioether (sulfide) groups is 1. The standard InChI is InChI=1S/C17H17NO5S.C17H19NO3S2.C16H19NO4S.2C14H17N3O2S2.C12H16N2O3S.C12H17NO3S.CH4/c19-13-9-14(17(21)16(20)10-13)15-7-4-8-18(15)24(22,23)11-12-5-2-1-3-6-12;19-15-9-4-5-10-16(15)22-17-11-6-12-18(17)23(20,21)13-14-7-2-1-3-8-14;18-13-9-14(16(19)10-13)15-7-4-8-17(15)22(20,21)11-12-5-2-1-3-6-12;1-11-15-14(20-16-11)13-8-5-9-17(13)21(18,19)10-12-6-3-2-4-7-12;18-21(19,10-11-5-2-1-3-6-11)17-8-4-7-12(17)14-15-9-13(20)16-14;13-12(15)11-7-4-8-14(11)18(16,17)9-10-5-2-1-3-6-10;14-9-12-7-4-8-13(12)17(15,16)10-11-5-2-1-3-6-11;/h1-3,5-6,9-10,15,20H,4,7-8,11H2;1-5,7-10,17,19H,6,11-13H2;1-3,5-6,14-15H,4,7-11H2;2-4,6-7,13H,5,8-10H2,1H3;1-3,5-6,12H,4,7-10H2,(H,15,16,20);1-3,5-6,11H,4,7-9H2,(H2,13,15);1-3,5-6,12,14H,4,7-10H2;1H4. The number of para-hydroxylation sites is 1. The van der Waals surface area contributed by atoms with Crippen LogP contribution in [0.15, 0.2) is 270 Å². The van der Waals surface area contributed by atoms with E-state index in [2.05, 4.69) is 19.7 Å². The number of aromatic hydroxyl groups is 1. The summed E-state index contributed by atoms with van der Waals surface area (Å²) in [5.41, 5.74) is 10.6. The maximum absolute atomic E-state index is 12.8. The maximum Gasteiger partial charge on any atom is 0.235 e. The van der Waals surface area contributed by atoms with Crippen LogP contribution in [0.25, 0.3) is 0 Å².